The zero-order chi connectivity index (χ0) is 11.8. The van der Waals surface area contributed by atoms with Crippen molar-refractivity contribution in [2.75, 3.05) is 0 Å². The van der Waals surface area contributed by atoms with Gasteiger partial charge in [0.15, 0.2) is 0 Å². The standard InChI is InChI=1S/C13H11FN2S/c14-10-5-3-8(4-6-10)11-7-12(17)16-13(15-11)9-1-2-9/h3-7,9H,1-2H2,(H,15,16,17). The van der Waals surface area contributed by atoms with Crippen LogP contribution in [-0.2, 0) is 0 Å². The summed E-state index contributed by atoms with van der Waals surface area (Å²) < 4.78 is 13.4. The first kappa shape index (κ1) is 10.6. The Labute approximate surface area is 104 Å². The van der Waals surface area contributed by atoms with E-state index in [0.29, 0.717) is 10.6 Å². The molecular formula is C13H11FN2S. The number of nitrogens with one attached hydrogen (secondary N) is 1. The van der Waals surface area contributed by atoms with E-state index in [1.54, 1.807) is 12.1 Å². The molecule has 1 saturated carbocycles. The van der Waals surface area contributed by atoms with Crippen LogP contribution in [0.4, 0.5) is 4.39 Å². The first-order valence-electron chi connectivity index (χ1n) is 5.59. The van der Waals surface area contributed by atoms with Gasteiger partial charge >= 0.3 is 0 Å². The highest BCUT2D eigenvalue weighted by molar-refractivity contribution is 7.71. The maximum Gasteiger partial charge on any atom is 0.130 e. The fourth-order valence-electron chi connectivity index (χ4n) is 1.81. The number of nitrogens with zero attached hydrogens (tertiary/aromatic N) is 1. The molecule has 0 atom stereocenters. The Morgan fingerprint density at radius 2 is 1.94 bits per heavy atom. The molecule has 1 aliphatic rings. The Hall–Kier alpha value is -1.55. The van der Waals surface area contributed by atoms with Crippen molar-refractivity contribution in [3.63, 3.8) is 0 Å². The van der Waals surface area contributed by atoms with Gasteiger partial charge in [0.2, 0.25) is 0 Å². The molecule has 0 spiro atoms. The minimum atomic E-state index is -0.233. The van der Waals surface area contributed by atoms with E-state index in [0.717, 1.165) is 17.1 Å². The van der Waals surface area contributed by atoms with Crippen molar-refractivity contribution >= 4 is 12.2 Å². The smallest absolute Gasteiger partial charge is 0.130 e. The molecule has 0 amide bonds. The molecule has 86 valence electrons. The molecule has 1 fully saturated rings. The summed E-state index contributed by atoms with van der Waals surface area (Å²) in [5.74, 6) is 1.25. The predicted octanol–water partition coefficient (Wildman–Crippen LogP) is 3.82. The van der Waals surface area contributed by atoms with Gasteiger partial charge in [0, 0.05) is 11.6 Å². The monoisotopic (exact) mass is 246 g/mol. The third kappa shape index (κ3) is 2.26. The van der Waals surface area contributed by atoms with E-state index < -0.39 is 0 Å². The quantitative estimate of drug-likeness (QED) is 0.816. The summed E-state index contributed by atoms with van der Waals surface area (Å²) in [5.41, 5.74) is 1.84. The topological polar surface area (TPSA) is 28.7 Å². The second kappa shape index (κ2) is 4.04. The minimum Gasteiger partial charge on any atom is -0.343 e. The average molecular weight is 246 g/mol. The molecule has 1 aliphatic carbocycles. The summed E-state index contributed by atoms with van der Waals surface area (Å²) in [6.45, 7) is 0. The molecule has 1 aromatic carbocycles. The second-order valence-electron chi connectivity index (χ2n) is 4.30. The summed E-state index contributed by atoms with van der Waals surface area (Å²) >= 11 is 5.15. The molecule has 0 unspecified atom stereocenters. The third-order valence-electron chi connectivity index (χ3n) is 2.88. The molecule has 0 saturated heterocycles. The van der Waals surface area contributed by atoms with E-state index >= 15 is 0 Å². The van der Waals surface area contributed by atoms with E-state index in [4.69, 9.17) is 12.2 Å². The number of halogens is 1. The van der Waals surface area contributed by atoms with Gasteiger partial charge in [-0.1, -0.05) is 12.2 Å². The largest absolute Gasteiger partial charge is 0.343 e. The fraction of sp³-hybridized carbons (Fsp3) is 0.231. The highest BCUT2D eigenvalue weighted by Crippen LogP contribution is 2.38. The normalized spacial score (nSPS) is 14.9. The van der Waals surface area contributed by atoms with Crippen LogP contribution in [0.1, 0.15) is 24.6 Å². The Balaban J connectivity index is 2.07. The molecule has 0 bridgehead atoms. The maximum absolute atomic E-state index is 12.9. The van der Waals surface area contributed by atoms with Crippen molar-refractivity contribution in [2.45, 2.75) is 18.8 Å². The number of hydrogen-bond donors (Lipinski definition) is 1. The molecule has 3 rings (SSSR count). The highest BCUT2D eigenvalue weighted by Gasteiger charge is 2.26. The van der Waals surface area contributed by atoms with E-state index in [-0.39, 0.29) is 5.82 Å². The molecular weight excluding hydrogens is 235 g/mol. The first-order chi connectivity index (χ1) is 8.22. The zero-order valence-electron chi connectivity index (χ0n) is 9.11. The van der Waals surface area contributed by atoms with Gasteiger partial charge in [0.25, 0.3) is 0 Å². The summed E-state index contributed by atoms with van der Waals surface area (Å²) in [6, 6.07) is 8.20. The van der Waals surface area contributed by atoms with Crippen LogP contribution in [0.3, 0.4) is 0 Å². The van der Waals surface area contributed by atoms with Gasteiger partial charge < -0.3 is 4.98 Å². The van der Waals surface area contributed by atoms with Gasteiger partial charge in [-0.15, -0.1) is 0 Å². The van der Waals surface area contributed by atoms with Crippen LogP contribution < -0.4 is 0 Å². The maximum atomic E-state index is 12.9. The van der Waals surface area contributed by atoms with Crippen molar-refractivity contribution in [3.8, 4) is 11.3 Å². The Kier molecular flexibility index (Phi) is 2.52. The fourth-order valence-corrected chi connectivity index (χ4v) is 2.03. The lowest BCUT2D eigenvalue weighted by Crippen LogP contribution is -1.95. The first-order valence-corrected chi connectivity index (χ1v) is 6.00. The van der Waals surface area contributed by atoms with Gasteiger partial charge in [0.05, 0.1) is 0 Å². The predicted molar refractivity (Wildman–Crippen MR) is 66.8 cm³/mol. The molecule has 17 heavy (non-hydrogen) atoms. The molecule has 1 N–H and O–H groups in total. The van der Waals surface area contributed by atoms with Crippen LogP contribution in [0.15, 0.2) is 30.3 Å². The second-order valence-corrected chi connectivity index (χ2v) is 4.72. The molecule has 2 nitrogen and oxygen atoms in total. The van der Waals surface area contributed by atoms with Crippen LogP contribution in [0.2, 0.25) is 0 Å². The summed E-state index contributed by atoms with van der Waals surface area (Å²) in [5, 5.41) is 0. The number of aromatic nitrogens is 2. The lowest BCUT2D eigenvalue weighted by atomic mass is 10.1. The van der Waals surface area contributed by atoms with Gasteiger partial charge in [-0.2, -0.15) is 0 Å². The van der Waals surface area contributed by atoms with Crippen molar-refractivity contribution in [2.24, 2.45) is 0 Å². The summed E-state index contributed by atoms with van der Waals surface area (Å²) in [7, 11) is 0. The van der Waals surface area contributed by atoms with Crippen molar-refractivity contribution in [1.29, 1.82) is 0 Å². The summed E-state index contributed by atoms with van der Waals surface area (Å²) in [6.07, 6.45) is 2.34. The van der Waals surface area contributed by atoms with Gasteiger partial charge in [-0.3, -0.25) is 0 Å². The number of rotatable bonds is 2. The van der Waals surface area contributed by atoms with Crippen LogP contribution >= 0.6 is 12.2 Å². The van der Waals surface area contributed by atoms with E-state index in [9.17, 15) is 4.39 Å². The van der Waals surface area contributed by atoms with Crippen LogP contribution in [0, 0.1) is 10.5 Å². The van der Waals surface area contributed by atoms with Crippen LogP contribution in [-0.4, -0.2) is 9.97 Å². The van der Waals surface area contributed by atoms with Gasteiger partial charge in [-0.05, 0) is 48.7 Å². The average Bonchev–Trinajstić information content (AvgIpc) is 3.13. The number of benzene rings is 1. The van der Waals surface area contributed by atoms with Crippen molar-refractivity contribution in [3.05, 3.63) is 46.6 Å². The number of H-pyrrole nitrogens is 1. The van der Waals surface area contributed by atoms with Crippen LogP contribution in [0.5, 0.6) is 0 Å². The minimum absolute atomic E-state index is 0.233. The van der Waals surface area contributed by atoms with E-state index in [2.05, 4.69) is 9.97 Å². The highest BCUT2D eigenvalue weighted by atomic mass is 32.1. The third-order valence-corrected chi connectivity index (χ3v) is 3.09. The zero-order valence-corrected chi connectivity index (χ0v) is 9.93. The SMILES string of the molecule is Fc1ccc(-c2cc(=S)nc(C3CC3)[nH]2)cc1. The molecule has 4 heteroatoms. The Bertz CT molecular complexity index is 600. The number of hydrogen-bond acceptors (Lipinski definition) is 2. The molecule has 2 aromatic rings. The van der Waals surface area contributed by atoms with Crippen LogP contribution in [0.25, 0.3) is 11.3 Å². The molecule has 1 heterocycles. The molecule has 1 aromatic heterocycles. The van der Waals surface area contributed by atoms with E-state index in [1.165, 1.54) is 25.0 Å². The Morgan fingerprint density at radius 1 is 1.24 bits per heavy atom. The van der Waals surface area contributed by atoms with Crippen molar-refractivity contribution < 1.29 is 4.39 Å². The van der Waals surface area contributed by atoms with Crippen molar-refractivity contribution in [1.82, 2.24) is 9.97 Å². The van der Waals surface area contributed by atoms with Gasteiger partial charge in [-0.25, -0.2) is 9.37 Å². The Morgan fingerprint density at radius 3 is 2.59 bits per heavy atom. The van der Waals surface area contributed by atoms with Gasteiger partial charge in [0.1, 0.15) is 16.3 Å². The number of aromatic amines is 1. The van der Waals surface area contributed by atoms with E-state index in [1.807, 2.05) is 6.07 Å². The summed E-state index contributed by atoms with van der Waals surface area (Å²) in [4.78, 5) is 7.61. The lowest BCUT2D eigenvalue weighted by molar-refractivity contribution is 0.628. The molecule has 0 aliphatic heterocycles. The molecule has 0 radical (unpaired) electrons. The lowest BCUT2D eigenvalue weighted by Gasteiger charge is -2.05.